The van der Waals surface area contributed by atoms with Crippen molar-refractivity contribution in [1.82, 2.24) is 10.6 Å². The fourth-order valence-electron chi connectivity index (χ4n) is 2.85. The standard InChI is InChI=1S/C19H28N2O4S/c1-12(2)9-14(15(11-26)19(24)25)17(22)21-16(18(23)20-3)10-13-7-5-4-6-8-13/h4-8,12,14-16,26H,9-11H2,1-3H3,(H,20,23)(H,21,22)(H,24,25)/t14-,15-,16+/m1/s1. The summed E-state index contributed by atoms with van der Waals surface area (Å²) in [5, 5.41) is 14.7. The fraction of sp³-hybridized carbons (Fsp3) is 0.526. The molecule has 3 atom stereocenters. The van der Waals surface area contributed by atoms with Crippen LogP contribution in [0.1, 0.15) is 25.8 Å². The lowest BCUT2D eigenvalue weighted by molar-refractivity contribution is -0.147. The van der Waals surface area contributed by atoms with Crippen molar-refractivity contribution in [3.63, 3.8) is 0 Å². The molecule has 0 aliphatic carbocycles. The van der Waals surface area contributed by atoms with E-state index in [9.17, 15) is 19.5 Å². The number of likely N-dealkylation sites (N-methyl/N-ethyl adjacent to an activating group) is 1. The van der Waals surface area contributed by atoms with Crippen LogP contribution in [0.4, 0.5) is 0 Å². The molecular weight excluding hydrogens is 352 g/mol. The van der Waals surface area contributed by atoms with E-state index in [0.29, 0.717) is 12.8 Å². The Balaban J connectivity index is 2.99. The Morgan fingerprint density at radius 2 is 1.69 bits per heavy atom. The number of aliphatic carboxylic acids is 1. The molecule has 0 fully saturated rings. The molecule has 7 heteroatoms. The summed E-state index contributed by atoms with van der Waals surface area (Å²) in [7, 11) is 1.51. The van der Waals surface area contributed by atoms with E-state index in [4.69, 9.17) is 0 Å². The summed E-state index contributed by atoms with van der Waals surface area (Å²) in [5.41, 5.74) is 0.908. The highest BCUT2D eigenvalue weighted by molar-refractivity contribution is 7.80. The number of carboxylic acids is 1. The van der Waals surface area contributed by atoms with Gasteiger partial charge in [-0.2, -0.15) is 12.6 Å². The van der Waals surface area contributed by atoms with Crippen molar-refractivity contribution in [1.29, 1.82) is 0 Å². The Kier molecular flexibility index (Phi) is 9.19. The van der Waals surface area contributed by atoms with Gasteiger partial charge in [-0.05, 0) is 17.9 Å². The van der Waals surface area contributed by atoms with Crippen LogP contribution < -0.4 is 10.6 Å². The molecule has 26 heavy (non-hydrogen) atoms. The SMILES string of the molecule is CNC(=O)[C@H](Cc1ccccc1)NC(=O)[C@H](CC(C)C)[C@@H](CS)C(=O)O. The van der Waals surface area contributed by atoms with Crippen LogP contribution in [0.2, 0.25) is 0 Å². The summed E-state index contributed by atoms with van der Waals surface area (Å²) in [5.74, 6) is -3.24. The lowest BCUT2D eigenvalue weighted by atomic mass is 9.85. The van der Waals surface area contributed by atoms with Crippen LogP contribution in [-0.2, 0) is 20.8 Å². The normalized spacial score (nSPS) is 14.3. The van der Waals surface area contributed by atoms with Gasteiger partial charge >= 0.3 is 5.97 Å². The average molecular weight is 381 g/mol. The maximum Gasteiger partial charge on any atom is 0.308 e. The van der Waals surface area contributed by atoms with E-state index in [1.807, 2.05) is 44.2 Å². The number of benzene rings is 1. The summed E-state index contributed by atoms with van der Waals surface area (Å²) in [6, 6.07) is 8.59. The molecule has 0 heterocycles. The van der Waals surface area contributed by atoms with Gasteiger partial charge in [-0.3, -0.25) is 14.4 Å². The summed E-state index contributed by atoms with van der Waals surface area (Å²) in [4.78, 5) is 36.5. The first kappa shape index (κ1) is 22.0. The number of carbonyl (C=O) groups excluding carboxylic acids is 2. The third kappa shape index (κ3) is 6.71. The maximum atomic E-state index is 12.8. The van der Waals surface area contributed by atoms with E-state index in [-0.39, 0.29) is 17.6 Å². The van der Waals surface area contributed by atoms with Crippen molar-refractivity contribution >= 4 is 30.4 Å². The molecule has 6 nitrogen and oxygen atoms in total. The minimum absolute atomic E-state index is 0.0590. The molecule has 0 unspecified atom stereocenters. The second-order valence-electron chi connectivity index (χ2n) is 6.73. The minimum atomic E-state index is -1.06. The van der Waals surface area contributed by atoms with E-state index >= 15 is 0 Å². The van der Waals surface area contributed by atoms with Gasteiger partial charge in [0.05, 0.1) is 11.8 Å². The molecule has 0 saturated carbocycles. The second-order valence-corrected chi connectivity index (χ2v) is 7.09. The number of amides is 2. The highest BCUT2D eigenvalue weighted by atomic mass is 32.1. The van der Waals surface area contributed by atoms with E-state index in [0.717, 1.165) is 5.56 Å². The predicted octanol–water partition coefficient (Wildman–Crippen LogP) is 1.75. The third-order valence-electron chi connectivity index (χ3n) is 4.22. The zero-order valence-electron chi connectivity index (χ0n) is 15.4. The number of thiol groups is 1. The van der Waals surface area contributed by atoms with Gasteiger partial charge in [0, 0.05) is 19.2 Å². The molecule has 3 N–H and O–H groups in total. The molecule has 0 aromatic heterocycles. The van der Waals surface area contributed by atoms with Crippen molar-refractivity contribution in [2.24, 2.45) is 17.8 Å². The Bertz CT molecular complexity index is 607. The lowest BCUT2D eigenvalue weighted by Crippen LogP contribution is -2.50. The quantitative estimate of drug-likeness (QED) is 0.465. The number of carboxylic acid groups (broad SMARTS) is 1. The summed E-state index contributed by atoms with van der Waals surface area (Å²) < 4.78 is 0. The number of hydrogen-bond donors (Lipinski definition) is 4. The molecule has 0 saturated heterocycles. The summed E-state index contributed by atoms with van der Waals surface area (Å²) >= 11 is 4.10. The molecule has 0 aliphatic rings. The Morgan fingerprint density at radius 3 is 2.15 bits per heavy atom. The molecule has 1 rings (SSSR count). The molecular formula is C19H28N2O4S. The predicted molar refractivity (Wildman–Crippen MR) is 104 cm³/mol. The van der Waals surface area contributed by atoms with Crippen molar-refractivity contribution in [3.8, 4) is 0 Å². The van der Waals surface area contributed by atoms with E-state index in [1.165, 1.54) is 7.05 Å². The fourth-order valence-corrected chi connectivity index (χ4v) is 3.26. The van der Waals surface area contributed by atoms with Gasteiger partial charge in [0.1, 0.15) is 6.04 Å². The monoisotopic (exact) mass is 380 g/mol. The van der Waals surface area contributed by atoms with Gasteiger partial charge < -0.3 is 15.7 Å². The molecule has 0 spiro atoms. The first-order valence-electron chi connectivity index (χ1n) is 8.69. The van der Waals surface area contributed by atoms with Crippen molar-refractivity contribution < 1.29 is 19.5 Å². The Labute approximate surface area is 160 Å². The molecule has 144 valence electrons. The topological polar surface area (TPSA) is 95.5 Å². The van der Waals surface area contributed by atoms with Crippen molar-refractivity contribution in [2.75, 3.05) is 12.8 Å². The van der Waals surface area contributed by atoms with Gasteiger partial charge in [0.25, 0.3) is 0 Å². The van der Waals surface area contributed by atoms with Crippen LogP contribution in [-0.4, -0.2) is 41.7 Å². The van der Waals surface area contributed by atoms with Crippen LogP contribution in [0.25, 0.3) is 0 Å². The van der Waals surface area contributed by atoms with Gasteiger partial charge in [0.2, 0.25) is 11.8 Å². The smallest absolute Gasteiger partial charge is 0.308 e. The molecule has 0 bridgehead atoms. The lowest BCUT2D eigenvalue weighted by Gasteiger charge is -2.26. The number of nitrogens with one attached hydrogen (secondary N) is 2. The van der Waals surface area contributed by atoms with Gasteiger partial charge in [0.15, 0.2) is 0 Å². The number of hydrogen-bond acceptors (Lipinski definition) is 4. The van der Waals surface area contributed by atoms with Gasteiger partial charge in [-0.25, -0.2) is 0 Å². The minimum Gasteiger partial charge on any atom is -0.481 e. The zero-order chi connectivity index (χ0) is 19.7. The van der Waals surface area contributed by atoms with E-state index in [2.05, 4.69) is 23.3 Å². The van der Waals surface area contributed by atoms with E-state index in [1.54, 1.807) is 0 Å². The van der Waals surface area contributed by atoms with Crippen LogP contribution >= 0.6 is 12.6 Å². The maximum absolute atomic E-state index is 12.8. The van der Waals surface area contributed by atoms with Crippen molar-refractivity contribution in [2.45, 2.75) is 32.7 Å². The van der Waals surface area contributed by atoms with Crippen molar-refractivity contribution in [3.05, 3.63) is 35.9 Å². The van der Waals surface area contributed by atoms with Gasteiger partial charge in [-0.1, -0.05) is 44.2 Å². The van der Waals surface area contributed by atoms with Crippen LogP contribution in [0, 0.1) is 17.8 Å². The largest absolute Gasteiger partial charge is 0.481 e. The molecule has 2 amide bonds. The van der Waals surface area contributed by atoms with E-state index < -0.39 is 29.8 Å². The third-order valence-corrected chi connectivity index (χ3v) is 4.62. The van der Waals surface area contributed by atoms with Crippen LogP contribution in [0.3, 0.4) is 0 Å². The zero-order valence-corrected chi connectivity index (χ0v) is 16.3. The average Bonchev–Trinajstić information content (AvgIpc) is 2.60. The van der Waals surface area contributed by atoms with Crippen LogP contribution in [0.15, 0.2) is 30.3 Å². The molecule has 1 aromatic carbocycles. The number of rotatable bonds is 10. The summed E-state index contributed by atoms with van der Waals surface area (Å²) in [6.07, 6.45) is 0.744. The first-order chi connectivity index (χ1) is 12.3. The number of carbonyl (C=O) groups is 3. The molecule has 0 aliphatic heterocycles. The summed E-state index contributed by atoms with van der Waals surface area (Å²) in [6.45, 7) is 3.86. The highest BCUT2D eigenvalue weighted by Gasteiger charge is 2.35. The molecule has 1 aromatic rings. The van der Waals surface area contributed by atoms with Crippen LogP contribution in [0.5, 0.6) is 0 Å². The molecule has 0 radical (unpaired) electrons. The van der Waals surface area contributed by atoms with Gasteiger partial charge in [-0.15, -0.1) is 0 Å². The Morgan fingerprint density at radius 1 is 1.08 bits per heavy atom. The second kappa shape index (κ2) is 10.9. The highest BCUT2D eigenvalue weighted by Crippen LogP contribution is 2.23. The first-order valence-corrected chi connectivity index (χ1v) is 9.32. The Hall–Kier alpha value is -2.02.